The molecule has 1 heterocycles. The highest BCUT2D eigenvalue weighted by atomic mass is 32.2. The van der Waals surface area contributed by atoms with Crippen LogP contribution in [-0.2, 0) is 50.8 Å². The van der Waals surface area contributed by atoms with Gasteiger partial charge >= 0.3 is 6.18 Å². The number of rotatable bonds is 18. The molecule has 0 fully saturated rings. The second-order valence-electron chi connectivity index (χ2n) is 11.4. The van der Waals surface area contributed by atoms with Crippen LogP contribution in [0.25, 0.3) is 0 Å². The Bertz CT molecular complexity index is 1770. The van der Waals surface area contributed by atoms with E-state index in [2.05, 4.69) is 20.9 Å². The number of nitrogens with one attached hydrogen (secondary N) is 3. The Morgan fingerprint density at radius 3 is 1.94 bits per heavy atom. The molecule has 3 amide bonds. The number of Topliss-reactive ketones (excluding diaryl/α,β-unsaturated/α-hetero) is 1. The Hall–Kier alpha value is -4.27. The van der Waals surface area contributed by atoms with Crippen molar-refractivity contribution in [2.75, 3.05) is 34.0 Å². The zero-order chi connectivity index (χ0) is 38.0. The van der Waals surface area contributed by atoms with Crippen LogP contribution in [-0.4, -0.2) is 99.8 Å². The SMILES string of the molecule is COCC(NC(=O)c1cnc(C)s1)C(=O)NC(COC)C(=O)NC(Cc1ccccc1)C(=O)C(C)(O)COS(=O)(=O)c1ccc(C(F)(F)F)cc1. The summed E-state index contributed by atoms with van der Waals surface area (Å²) in [5.74, 6) is -3.46. The lowest BCUT2D eigenvalue weighted by Gasteiger charge is -2.29. The first-order valence-electron chi connectivity index (χ1n) is 15.1. The van der Waals surface area contributed by atoms with Crippen LogP contribution in [0.4, 0.5) is 13.2 Å². The highest BCUT2D eigenvalue weighted by Gasteiger charge is 2.40. The normalized spacial score (nSPS) is 14.8. The molecule has 0 saturated heterocycles. The van der Waals surface area contributed by atoms with Crippen LogP contribution in [0.1, 0.15) is 32.7 Å². The summed E-state index contributed by atoms with van der Waals surface area (Å²) in [5.41, 5.74) is -3.14. The first kappa shape index (κ1) is 41.2. The molecule has 0 radical (unpaired) electrons. The first-order chi connectivity index (χ1) is 23.9. The van der Waals surface area contributed by atoms with Crippen molar-refractivity contribution >= 4 is 45.0 Å². The number of amides is 3. The smallest absolute Gasteiger partial charge is 0.382 e. The van der Waals surface area contributed by atoms with E-state index in [9.17, 15) is 45.9 Å². The van der Waals surface area contributed by atoms with Gasteiger partial charge < -0.3 is 30.5 Å². The van der Waals surface area contributed by atoms with Gasteiger partial charge in [-0.05, 0) is 50.1 Å². The second-order valence-corrected chi connectivity index (χ2v) is 14.2. The van der Waals surface area contributed by atoms with E-state index in [1.165, 1.54) is 20.4 Å². The van der Waals surface area contributed by atoms with Crippen LogP contribution >= 0.6 is 11.3 Å². The Balaban J connectivity index is 1.79. The van der Waals surface area contributed by atoms with Crippen molar-refractivity contribution in [2.45, 2.75) is 55.1 Å². The van der Waals surface area contributed by atoms with Gasteiger partial charge in [0.25, 0.3) is 16.0 Å². The lowest BCUT2D eigenvalue weighted by Crippen LogP contribution is -2.60. The van der Waals surface area contributed by atoms with E-state index in [4.69, 9.17) is 13.7 Å². The van der Waals surface area contributed by atoms with Gasteiger partial charge in [0.1, 0.15) is 29.2 Å². The molecule has 19 heteroatoms. The van der Waals surface area contributed by atoms with Gasteiger partial charge in [-0.15, -0.1) is 11.3 Å². The Kier molecular flexibility index (Phi) is 14.3. The average Bonchev–Trinajstić information content (AvgIpc) is 3.52. The van der Waals surface area contributed by atoms with Gasteiger partial charge in [0.15, 0.2) is 5.78 Å². The van der Waals surface area contributed by atoms with Crippen molar-refractivity contribution in [3.05, 3.63) is 81.8 Å². The van der Waals surface area contributed by atoms with Crippen molar-refractivity contribution in [3.8, 4) is 0 Å². The third kappa shape index (κ3) is 11.9. The molecule has 0 bridgehead atoms. The van der Waals surface area contributed by atoms with Gasteiger partial charge in [-0.25, -0.2) is 4.98 Å². The zero-order valence-electron chi connectivity index (χ0n) is 27.9. The molecule has 0 spiro atoms. The molecule has 0 saturated carbocycles. The molecule has 4 unspecified atom stereocenters. The van der Waals surface area contributed by atoms with Crippen LogP contribution in [0.15, 0.2) is 65.7 Å². The average molecular weight is 759 g/mol. The third-order valence-electron chi connectivity index (χ3n) is 7.18. The van der Waals surface area contributed by atoms with Gasteiger partial charge in [-0.1, -0.05) is 30.3 Å². The van der Waals surface area contributed by atoms with E-state index < -0.39 is 87.2 Å². The maximum atomic E-state index is 13.7. The lowest BCUT2D eigenvalue weighted by atomic mass is 9.91. The number of alkyl halides is 3. The summed E-state index contributed by atoms with van der Waals surface area (Å²) in [6, 6.07) is 6.46. The topological polar surface area (TPSA) is 199 Å². The van der Waals surface area contributed by atoms with Crippen molar-refractivity contribution < 1.29 is 59.5 Å². The quantitative estimate of drug-likeness (QED) is 0.138. The molecular formula is C32H37F3N4O10S2. The number of aliphatic hydroxyl groups is 1. The van der Waals surface area contributed by atoms with Crippen LogP contribution in [0.2, 0.25) is 0 Å². The van der Waals surface area contributed by atoms with Crippen LogP contribution in [0, 0.1) is 6.92 Å². The minimum absolute atomic E-state index is 0.197. The van der Waals surface area contributed by atoms with Crippen molar-refractivity contribution in [1.82, 2.24) is 20.9 Å². The van der Waals surface area contributed by atoms with Crippen LogP contribution < -0.4 is 16.0 Å². The molecule has 1 aromatic heterocycles. The fraction of sp³-hybridized carbons (Fsp3) is 0.406. The molecule has 4 atom stereocenters. The fourth-order valence-electron chi connectivity index (χ4n) is 4.52. The summed E-state index contributed by atoms with van der Waals surface area (Å²) in [5, 5.41) is 19.2. The molecule has 14 nitrogen and oxygen atoms in total. The summed E-state index contributed by atoms with van der Waals surface area (Å²) in [6.45, 7) is 0.813. The highest BCUT2D eigenvalue weighted by molar-refractivity contribution is 7.86. The van der Waals surface area contributed by atoms with Crippen molar-refractivity contribution in [3.63, 3.8) is 0 Å². The Labute approximate surface area is 295 Å². The molecular weight excluding hydrogens is 721 g/mol. The minimum Gasteiger partial charge on any atom is -0.382 e. The second kappa shape index (κ2) is 17.8. The van der Waals surface area contributed by atoms with Crippen molar-refractivity contribution in [2.24, 2.45) is 0 Å². The Morgan fingerprint density at radius 1 is 0.882 bits per heavy atom. The van der Waals surface area contributed by atoms with E-state index in [1.54, 1.807) is 37.3 Å². The van der Waals surface area contributed by atoms with E-state index >= 15 is 0 Å². The summed E-state index contributed by atoms with van der Waals surface area (Å²) in [6.07, 6.45) is -3.57. The van der Waals surface area contributed by atoms with Crippen LogP contribution in [0.3, 0.4) is 0 Å². The van der Waals surface area contributed by atoms with Gasteiger partial charge in [-0.2, -0.15) is 21.6 Å². The maximum Gasteiger partial charge on any atom is 0.416 e. The highest BCUT2D eigenvalue weighted by Crippen LogP contribution is 2.30. The maximum absolute atomic E-state index is 13.7. The largest absolute Gasteiger partial charge is 0.416 e. The van der Waals surface area contributed by atoms with E-state index in [-0.39, 0.29) is 17.9 Å². The number of nitrogens with zero attached hydrogens (tertiary/aromatic N) is 1. The monoisotopic (exact) mass is 758 g/mol. The van der Waals surface area contributed by atoms with Crippen LogP contribution in [0.5, 0.6) is 0 Å². The van der Waals surface area contributed by atoms with E-state index in [0.29, 0.717) is 34.8 Å². The standard InChI is InChI=1S/C32H37F3N4O10S2/c1-19-36-15-26(50-19)30(43)39-25(17-48-4)29(42)38-24(16-47-3)28(41)37-23(14-20-8-6-5-7-9-20)27(40)31(2,44)18-49-51(45,46)22-12-10-21(11-13-22)32(33,34)35/h5-13,15,23-25,44H,14,16-18H2,1-4H3,(H,37,41)(H,38,42)(H,39,43). The summed E-state index contributed by atoms with van der Waals surface area (Å²) >= 11 is 1.10. The molecule has 51 heavy (non-hydrogen) atoms. The number of ether oxygens (including phenoxy) is 2. The predicted molar refractivity (Wildman–Crippen MR) is 176 cm³/mol. The number of thiazole rings is 1. The predicted octanol–water partition coefficient (Wildman–Crippen LogP) is 1.80. The molecule has 0 aliphatic carbocycles. The minimum atomic E-state index is -4.74. The molecule has 4 N–H and O–H groups in total. The van der Waals surface area contributed by atoms with E-state index in [1.807, 2.05) is 0 Å². The zero-order valence-corrected chi connectivity index (χ0v) is 29.5. The molecule has 278 valence electrons. The number of carbonyl (C=O) groups is 4. The summed E-state index contributed by atoms with van der Waals surface area (Å²) in [7, 11) is -2.20. The molecule has 2 aromatic carbocycles. The molecule has 3 aromatic rings. The number of aromatic nitrogens is 1. The van der Waals surface area contributed by atoms with Gasteiger partial charge in [-0.3, -0.25) is 23.4 Å². The number of ketones is 1. The Morgan fingerprint density at radius 2 is 1.43 bits per heavy atom. The number of aryl methyl sites for hydroxylation is 1. The molecule has 3 rings (SSSR count). The third-order valence-corrected chi connectivity index (χ3v) is 9.37. The van der Waals surface area contributed by atoms with Crippen molar-refractivity contribution in [1.29, 1.82) is 0 Å². The number of hydrogen-bond acceptors (Lipinski definition) is 12. The lowest BCUT2D eigenvalue weighted by molar-refractivity contribution is -0.143. The molecule has 0 aliphatic rings. The molecule has 0 aliphatic heterocycles. The summed E-state index contributed by atoms with van der Waals surface area (Å²) < 4.78 is 79.3. The van der Waals surface area contributed by atoms with Gasteiger partial charge in [0.2, 0.25) is 11.8 Å². The number of hydrogen-bond donors (Lipinski definition) is 4. The number of halogens is 3. The van der Waals surface area contributed by atoms with Gasteiger partial charge in [0, 0.05) is 14.2 Å². The van der Waals surface area contributed by atoms with E-state index in [0.717, 1.165) is 18.3 Å². The first-order valence-corrected chi connectivity index (χ1v) is 17.3. The number of methoxy groups -OCH3 is 2. The number of carbonyl (C=O) groups excluding carboxylic acids is 4. The fourth-order valence-corrected chi connectivity index (χ4v) is 6.19. The van der Waals surface area contributed by atoms with Gasteiger partial charge in [0.05, 0.1) is 40.9 Å². The number of benzene rings is 2. The summed E-state index contributed by atoms with van der Waals surface area (Å²) in [4.78, 5) is 56.8.